The Labute approximate surface area is 124 Å². The molecule has 0 saturated heterocycles. The van der Waals surface area contributed by atoms with E-state index in [9.17, 15) is 0 Å². The van der Waals surface area contributed by atoms with Crippen molar-refractivity contribution in [1.82, 2.24) is 10.2 Å². The first kappa shape index (κ1) is 12.7. The summed E-state index contributed by atoms with van der Waals surface area (Å²) in [6.07, 6.45) is 0. The van der Waals surface area contributed by atoms with Gasteiger partial charge in [-0.25, -0.2) is 0 Å². The van der Waals surface area contributed by atoms with Crippen molar-refractivity contribution >= 4 is 45.6 Å². The molecule has 94 valence electrons. The quantitative estimate of drug-likeness (QED) is 0.613. The summed E-state index contributed by atoms with van der Waals surface area (Å²) in [5.41, 5.74) is 1.69. The predicted molar refractivity (Wildman–Crippen MR) is 80.0 cm³/mol. The molecular formula is C14H7Cl3N2. The van der Waals surface area contributed by atoms with Gasteiger partial charge in [0.25, 0.3) is 0 Å². The third-order valence-electron chi connectivity index (χ3n) is 2.82. The van der Waals surface area contributed by atoms with Crippen molar-refractivity contribution in [2.75, 3.05) is 0 Å². The van der Waals surface area contributed by atoms with Gasteiger partial charge in [0.2, 0.25) is 0 Å². The highest BCUT2D eigenvalue weighted by molar-refractivity contribution is 6.43. The van der Waals surface area contributed by atoms with E-state index in [1.54, 1.807) is 12.1 Å². The van der Waals surface area contributed by atoms with Gasteiger partial charge in [0, 0.05) is 16.3 Å². The lowest BCUT2D eigenvalue weighted by molar-refractivity contribution is 1.06. The molecule has 3 rings (SSSR count). The number of aromatic nitrogens is 2. The zero-order valence-corrected chi connectivity index (χ0v) is 11.8. The zero-order chi connectivity index (χ0) is 13.4. The largest absolute Gasteiger partial charge is 0.159 e. The standard InChI is InChI=1S/C14H7Cl3N2/c15-11-6-9-10(7-12(11)16)14(17)19-18-13(9)8-4-2-1-3-5-8/h1-7H. The van der Waals surface area contributed by atoms with E-state index in [4.69, 9.17) is 34.8 Å². The molecule has 0 N–H and O–H groups in total. The Balaban J connectivity index is 2.38. The van der Waals surface area contributed by atoms with E-state index in [-0.39, 0.29) is 0 Å². The Morgan fingerprint density at radius 3 is 2.05 bits per heavy atom. The molecule has 19 heavy (non-hydrogen) atoms. The SMILES string of the molecule is Clc1cc2c(Cl)nnc(-c3ccccc3)c2cc1Cl. The molecule has 0 spiro atoms. The molecule has 2 nitrogen and oxygen atoms in total. The monoisotopic (exact) mass is 308 g/mol. The maximum absolute atomic E-state index is 6.08. The molecule has 3 aromatic rings. The molecule has 1 aromatic heterocycles. The third-order valence-corrected chi connectivity index (χ3v) is 3.82. The normalized spacial score (nSPS) is 10.9. The summed E-state index contributed by atoms with van der Waals surface area (Å²) in [7, 11) is 0. The van der Waals surface area contributed by atoms with Crippen LogP contribution in [-0.4, -0.2) is 10.2 Å². The van der Waals surface area contributed by atoms with E-state index in [2.05, 4.69) is 10.2 Å². The molecule has 2 aromatic carbocycles. The Bertz CT molecular complexity index is 757. The van der Waals surface area contributed by atoms with Crippen LogP contribution in [0.15, 0.2) is 42.5 Å². The van der Waals surface area contributed by atoms with Crippen LogP contribution < -0.4 is 0 Å². The molecule has 0 aliphatic heterocycles. The molecule has 0 fully saturated rings. The van der Waals surface area contributed by atoms with Crippen molar-refractivity contribution < 1.29 is 0 Å². The number of halogens is 3. The summed E-state index contributed by atoms with van der Waals surface area (Å²) >= 11 is 18.2. The van der Waals surface area contributed by atoms with Crippen molar-refractivity contribution in [3.8, 4) is 11.3 Å². The molecular weight excluding hydrogens is 303 g/mol. The first-order valence-corrected chi connectivity index (χ1v) is 6.66. The van der Waals surface area contributed by atoms with Gasteiger partial charge >= 0.3 is 0 Å². The van der Waals surface area contributed by atoms with Crippen LogP contribution >= 0.6 is 34.8 Å². The summed E-state index contributed by atoms with van der Waals surface area (Å²) in [6, 6.07) is 13.2. The van der Waals surface area contributed by atoms with E-state index < -0.39 is 0 Å². The summed E-state index contributed by atoms with van der Waals surface area (Å²) in [5, 5.41) is 10.9. The molecule has 5 heteroatoms. The number of fused-ring (bicyclic) bond motifs is 1. The lowest BCUT2D eigenvalue weighted by Crippen LogP contribution is -1.91. The van der Waals surface area contributed by atoms with E-state index in [1.807, 2.05) is 30.3 Å². The average Bonchev–Trinajstić information content (AvgIpc) is 2.42. The van der Waals surface area contributed by atoms with Crippen LogP contribution in [0.2, 0.25) is 15.2 Å². The van der Waals surface area contributed by atoms with Crippen LogP contribution in [0, 0.1) is 0 Å². The van der Waals surface area contributed by atoms with Gasteiger partial charge < -0.3 is 0 Å². The van der Waals surface area contributed by atoms with Crippen LogP contribution in [0.3, 0.4) is 0 Å². The highest BCUT2D eigenvalue weighted by Crippen LogP contribution is 2.35. The summed E-state index contributed by atoms with van der Waals surface area (Å²) < 4.78 is 0. The second kappa shape index (κ2) is 4.97. The van der Waals surface area contributed by atoms with E-state index >= 15 is 0 Å². The Morgan fingerprint density at radius 2 is 1.37 bits per heavy atom. The van der Waals surface area contributed by atoms with E-state index in [0.29, 0.717) is 15.2 Å². The van der Waals surface area contributed by atoms with Crippen LogP contribution in [0.4, 0.5) is 0 Å². The van der Waals surface area contributed by atoms with E-state index in [1.165, 1.54) is 0 Å². The van der Waals surface area contributed by atoms with Crippen LogP contribution in [0.25, 0.3) is 22.0 Å². The second-order valence-corrected chi connectivity index (χ2v) is 5.19. The fourth-order valence-electron chi connectivity index (χ4n) is 1.92. The Morgan fingerprint density at radius 1 is 0.737 bits per heavy atom. The van der Waals surface area contributed by atoms with Crippen molar-refractivity contribution in [3.63, 3.8) is 0 Å². The highest BCUT2D eigenvalue weighted by Gasteiger charge is 2.12. The lowest BCUT2D eigenvalue weighted by Gasteiger charge is -2.07. The first-order chi connectivity index (χ1) is 9.16. The minimum atomic E-state index is 0.313. The lowest BCUT2D eigenvalue weighted by atomic mass is 10.1. The number of hydrogen-bond donors (Lipinski definition) is 0. The number of rotatable bonds is 1. The summed E-state index contributed by atoms with van der Waals surface area (Å²) in [6.45, 7) is 0. The van der Waals surface area contributed by atoms with Gasteiger partial charge in [0.15, 0.2) is 5.15 Å². The van der Waals surface area contributed by atoms with Crippen molar-refractivity contribution in [1.29, 1.82) is 0 Å². The fraction of sp³-hybridized carbons (Fsp3) is 0. The first-order valence-electron chi connectivity index (χ1n) is 5.53. The summed E-state index contributed by atoms with van der Waals surface area (Å²) in [5.74, 6) is 0. The van der Waals surface area contributed by atoms with Crippen LogP contribution in [-0.2, 0) is 0 Å². The van der Waals surface area contributed by atoms with Gasteiger partial charge in [-0.05, 0) is 12.1 Å². The molecule has 0 bridgehead atoms. The molecule has 0 aliphatic carbocycles. The number of benzene rings is 2. The van der Waals surface area contributed by atoms with Crippen molar-refractivity contribution in [3.05, 3.63) is 57.7 Å². The van der Waals surface area contributed by atoms with Crippen molar-refractivity contribution in [2.45, 2.75) is 0 Å². The van der Waals surface area contributed by atoms with Gasteiger partial charge in [0.05, 0.1) is 10.0 Å². The van der Waals surface area contributed by atoms with Crippen LogP contribution in [0.1, 0.15) is 0 Å². The number of hydrogen-bond acceptors (Lipinski definition) is 2. The Kier molecular flexibility index (Phi) is 3.31. The maximum atomic E-state index is 6.08. The predicted octanol–water partition coefficient (Wildman–Crippen LogP) is 5.26. The smallest absolute Gasteiger partial charge is 0.148 e. The van der Waals surface area contributed by atoms with Gasteiger partial charge in [-0.3, -0.25) is 0 Å². The molecule has 0 amide bonds. The van der Waals surface area contributed by atoms with E-state index in [0.717, 1.165) is 22.0 Å². The molecule has 0 unspecified atom stereocenters. The summed E-state index contributed by atoms with van der Waals surface area (Å²) in [4.78, 5) is 0. The molecule has 1 heterocycles. The topological polar surface area (TPSA) is 25.8 Å². The van der Waals surface area contributed by atoms with Crippen molar-refractivity contribution in [2.24, 2.45) is 0 Å². The molecule has 0 radical (unpaired) electrons. The molecule has 0 aliphatic rings. The maximum Gasteiger partial charge on any atom is 0.159 e. The highest BCUT2D eigenvalue weighted by atomic mass is 35.5. The van der Waals surface area contributed by atoms with Gasteiger partial charge in [-0.2, -0.15) is 0 Å². The van der Waals surface area contributed by atoms with Crippen LogP contribution in [0.5, 0.6) is 0 Å². The van der Waals surface area contributed by atoms with Gasteiger partial charge in [0.1, 0.15) is 5.69 Å². The average molecular weight is 310 g/mol. The minimum Gasteiger partial charge on any atom is -0.148 e. The second-order valence-electron chi connectivity index (χ2n) is 4.02. The van der Waals surface area contributed by atoms with Gasteiger partial charge in [-0.1, -0.05) is 65.1 Å². The van der Waals surface area contributed by atoms with Gasteiger partial charge in [-0.15, -0.1) is 10.2 Å². The Hall–Kier alpha value is -1.35. The molecule has 0 atom stereocenters. The number of nitrogens with zero attached hydrogens (tertiary/aromatic N) is 2. The minimum absolute atomic E-state index is 0.313. The zero-order valence-electron chi connectivity index (χ0n) is 9.57. The third kappa shape index (κ3) is 2.27. The molecule has 0 saturated carbocycles. The fourth-order valence-corrected chi connectivity index (χ4v) is 2.45.